The molecule has 5 heteroatoms. The van der Waals surface area contributed by atoms with E-state index in [1.165, 1.54) is 0 Å². The largest absolute Gasteiger partial charge is 0.360 e. The van der Waals surface area contributed by atoms with Crippen molar-refractivity contribution in [3.63, 3.8) is 0 Å². The summed E-state index contributed by atoms with van der Waals surface area (Å²) in [4.78, 5) is 15.3. The van der Waals surface area contributed by atoms with Crippen molar-refractivity contribution >= 4 is 27.7 Å². The predicted octanol–water partition coefficient (Wildman–Crippen LogP) is 1.70. The highest BCUT2D eigenvalue weighted by atomic mass is 79.9. The molecule has 15 heavy (non-hydrogen) atoms. The van der Waals surface area contributed by atoms with E-state index in [0.717, 1.165) is 10.0 Å². The van der Waals surface area contributed by atoms with Crippen LogP contribution in [0.4, 0.5) is 5.82 Å². The van der Waals surface area contributed by atoms with Gasteiger partial charge in [0.05, 0.1) is 11.0 Å². The molecule has 0 unspecified atom stereocenters. The lowest BCUT2D eigenvalue weighted by Gasteiger charge is -2.08. The minimum Gasteiger partial charge on any atom is -0.360 e. The zero-order valence-electron chi connectivity index (χ0n) is 8.80. The van der Waals surface area contributed by atoms with Gasteiger partial charge < -0.3 is 10.6 Å². The van der Waals surface area contributed by atoms with Crippen molar-refractivity contribution in [2.45, 2.75) is 13.8 Å². The lowest BCUT2D eigenvalue weighted by molar-refractivity contribution is -0.119. The summed E-state index contributed by atoms with van der Waals surface area (Å²) >= 11 is 3.41. The van der Waals surface area contributed by atoms with Gasteiger partial charge in [0.25, 0.3) is 0 Å². The van der Waals surface area contributed by atoms with Crippen molar-refractivity contribution in [3.05, 3.63) is 22.3 Å². The molecule has 4 nitrogen and oxygen atoms in total. The minimum absolute atomic E-state index is 0.0345. The average molecular weight is 272 g/mol. The molecule has 0 aromatic carbocycles. The molecule has 0 radical (unpaired) electrons. The number of aryl methyl sites for hydroxylation is 1. The van der Waals surface area contributed by atoms with Gasteiger partial charge in [-0.05, 0) is 41.4 Å². The summed E-state index contributed by atoms with van der Waals surface area (Å²) in [5.74, 6) is 0.661. The maximum atomic E-state index is 11.2. The monoisotopic (exact) mass is 271 g/mol. The Labute approximate surface area is 97.6 Å². The lowest BCUT2D eigenvalue weighted by Crippen LogP contribution is -2.29. The first-order chi connectivity index (χ1) is 7.15. The molecular formula is C10H14BrN3O. The summed E-state index contributed by atoms with van der Waals surface area (Å²) in [5.41, 5.74) is 1.09. The third kappa shape index (κ3) is 3.51. The number of halogens is 1. The van der Waals surface area contributed by atoms with Gasteiger partial charge in [-0.25, -0.2) is 4.98 Å². The molecule has 0 aliphatic rings. The molecular weight excluding hydrogens is 258 g/mol. The number of carbonyl (C=O) groups excluding carboxylic acids is 1. The minimum atomic E-state index is -0.0345. The van der Waals surface area contributed by atoms with Crippen LogP contribution in [0.25, 0.3) is 0 Å². The Kier molecular flexibility index (Phi) is 4.55. The van der Waals surface area contributed by atoms with Gasteiger partial charge in [-0.3, -0.25) is 4.79 Å². The fourth-order valence-corrected chi connectivity index (χ4v) is 1.46. The molecule has 1 aromatic heterocycles. The van der Waals surface area contributed by atoms with Crippen molar-refractivity contribution < 1.29 is 4.79 Å². The third-order valence-electron chi connectivity index (χ3n) is 1.87. The summed E-state index contributed by atoms with van der Waals surface area (Å²) in [7, 11) is 0. The third-order valence-corrected chi connectivity index (χ3v) is 2.87. The highest BCUT2D eigenvalue weighted by Crippen LogP contribution is 2.22. The van der Waals surface area contributed by atoms with Gasteiger partial charge in [0, 0.05) is 12.7 Å². The molecule has 0 aliphatic heterocycles. The number of nitrogens with zero attached hydrogens (tertiary/aromatic N) is 1. The number of likely N-dealkylation sites (N-methyl/N-ethyl adjacent to an activating group) is 1. The molecule has 0 atom stereocenters. The number of hydrogen-bond donors (Lipinski definition) is 2. The molecule has 1 aromatic rings. The summed E-state index contributed by atoms with van der Waals surface area (Å²) < 4.78 is 0.897. The average Bonchev–Trinajstić information content (AvgIpc) is 2.21. The van der Waals surface area contributed by atoms with E-state index in [1.807, 2.05) is 19.9 Å². The predicted molar refractivity (Wildman–Crippen MR) is 63.8 cm³/mol. The summed E-state index contributed by atoms with van der Waals surface area (Å²) in [6.45, 7) is 4.74. The first-order valence-electron chi connectivity index (χ1n) is 4.76. The number of carbonyl (C=O) groups is 1. The van der Waals surface area contributed by atoms with Gasteiger partial charge in [0.15, 0.2) is 0 Å². The Balaban J connectivity index is 2.58. The second kappa shape index (κ2) is 5.70. The summed E-state index contributed by atoms with van der Waals surface area (Å²) in [5, 5.41) is 5.67. The van der Waals surface area contributed by atoms with Gasteiger partial charge in [-0.1, -0.05) is 0 Å². The zero-order valence-corrected chi connectivity index (χ0v) is 10.4. The van der Waals surface area contributed by atoms with Crippen LogP contribution in [-0.4, -0.2) is 24.0 Å². The summed E-state index contributed by atoms with van der Waals surface area (Å²) in [6.07, 6.45) is 1.71. The van der Waals surface area contributed by atoms with E-state index in [9.17, 15) is 4.79 Å². The van der Waals surface area contributed by atoms with Gasteiger partial charge in [-0.2, -0.15) is 0 Å². The molecule has 1 heterocycles. The highest BCUT2D eigenvalue weighted by Gasteiger charge is 2.05. The van der Waals surface area contributed by atoms with E-state index in [4.69, 9.17) is 0 Å². The van der Waals surface area contributed by atoms with Crippen LogP contribution < -0.4 is 10.6 Å². The van der Waals surface area contributed by atoms with E-state index in [1.54, 1.807) is 6.20 Å². The Morgan fingerprint density at radius 2 is 2.33 bits per heavy atom. The van der Waals surface area contributed by atoms with Crippen LogP contribution in [0, 0.1) is 6.92 Å². The zero-order chi connectivity index (χ0) is 11.3. The van der Waals surface area contributed by atoms with Crippen molar-refractivity contribution in [1.82, 2.24) is 10.3 Å². The van der Waals surface area contributed by atoms with E-state index >= 15 is 0 Å². The number of rotatable bonds is 4. The maximum Gasteiger partial charge on any atom is 0.239 e. The van der Waals surface area contributed by atoms with E-state index in [0.29, 0.717) is 12.4 Å². The molecule has 0 bridgehead atoms. The normalized spacial score (nSPS) is 9.80. The van der Waals surface area contributed by atoms with Crippen molar-refractivity contribution in [2.75, 3.05) is 18.4 Å². The van der Waals surface area contributed by atoms with Crippen LogP contribution in [0.15, 0.2) is 16.7 Å². The van der Waals surface area contributed by atoms with E-state index in [-0.39, 0.29) is 12.5 Å². The fourth-order valence-electron chi connectivity index (χ4n) is 1.09. The lowest BCUT2D eigenvalue weighted by atomic mass is 10.3. The molecule has 0 saturated heterocycles. The molecule has 0 spiro atoms. The Morgan fingerprint density at radius 3 is 3.00 bits per heavy atom. The van der Waals surface area contributed by atoms with Gasteiger partial charge in [0.2, 0.25) is 5.91 Å². The number of hydrogen-bond acceptors (Lipinski definition) is 3. The van der Waals surface area contributed by atoms with E-state index in [2.05, 4.69) is 31.5 Å². The SMILES string of the molecule is CCNC(=O)CNc1nccc(C)c1Br. The molecule has 1 rings (SSSR count). The smallest absolute Gasteiger partial charge is 0.239 e. The van der Waals surface area contributed by atoms with Gasteiger partial charge in [0.1, 0.15) is 5.82 Å². The van der Waals surface area contributed by atoms with Crippen LogP contribution in [0.5, 0.6) is 0 Å². The highest BCUT2D eigenvalue weighted by molar-refractivity contribution is 9.10. The van der Waals surface area contributed by atoms with E-state index < -0.39 is 0 Å². The van der Waals surface area contributed by atoms with Crippen LogP contribution in [0.1, 0.15) is 12.5 Å². The Bertz CT molecular complexity index is 355. The molecule has 0 fully saturated rings. The Hall–Kier alpha value is -1.10. The molecule has 0 aliphatic carbocycles. The van der Waals surface area contributed by atoms with Crippen molar-refractivity contribution in [3.8, 4) is 0 Å². The number of amides is 1. The first kappa shape index (κ1) is 12.0. The standard InChI is InChI=1S/C10H14BrN3O/c1-3-12-8(15)6-14-10-9(11)7(2)4-5-13-10/h4-5H,3,6H2,1-2H3,(H,12,15)(H,13,14). The van der Waals surface area contributed by atoms with Crippen LogP contribution in [0.3, 0.4) is 0 Å². The number of nitrogens with one attached hydrogen (secondary N) is 2. The molecule has 82 valence electrons. The summed E-state index contributed by atoms with van der Waals surface area (Å²) in [6, 6.07) is 1.90. The second-order valence-corrected chi connectivity index (χ2v) is 3.89. The number of anilines is 1. The number of pyridine rings is 1. The Morgan fingerprint density at radius 1 is 1.60 bits per heavy atom. The van der Waals surface area contributed by atoms with Gasteiger partial charge in [-0.15, -0.1) is 0 Å². The topological polar surface area (TPSA) is 54.0 Å². The van der Waals surface area contributed by atoms with Crippen LogP contribution in [0.2, 0.25) is 0 Å². The van der Waals surface area contributed by atoms with Crippen molar-refractivity contribution in [1.29, 1.82) is 0 Å². The number of aromatic nitrogens is 1. The molecule has 2 N–H and O–H groups in total. The molecule has 0 saturated carbocycles. The van der Waals surface area contributed by atoms with Crippen LogP contribution >= 0.6 is 15.9 Å². The first-order valence-corrected chi connectivity index (χ1v) is 5.56. The second-order valence-electron chi connectivity index (χ2n) is 3.10. The quantitative estimate of drug-likeness (QED) is 0.877. The van der Waals surface area contributed by atoms with Crippen LogP contribution in [-0.2, 0) is 4.79 Å². The molecule has 1 amide bonds. The fraction of sp³-hybridized carbons (Fsp3) is 0.400. The van der Waals surface area contributed by atoms with Gasteiger partial charge >= 0.3 is 0 Å². The van der Waals surface area contributed by atoms with Crippen molar-refractivity contribution in [2.24, 2.45) is 0 Å². The maximum absolute atomic E-state index is 11.2.